The zero-order valence-corrected chi connectivity index (χ0v) is 20.3. The summed E-state index contributed by atoms with van der Waals surface area (Å²) in [6, 6.07) is 11.5. The minimum atomic E-state index is -0.346. The van der Waals surface area contributed by atoms with Crippen molar-refractivity contribution < 1.29 is 9.53 Å². The molecule has 0 saturated carbocycles. The summed E-state index contributed by atoms with van der Waals surface area (Å²) >= 11 is 7.43. The average Bonchev–Trinajstić information content (AvgIpc) is 3.14. The number of anilines is 1. The van der Waals surface area contributed by atoms with Gasteiger partial charge in [0.15, 0.2) is 17.1 Å². The standard InChI is InChI=1S/C24H27ClN4O2S/c1-6-11-29-23(18(5)31-19-8-9-20(25)16(3)13-19)27-28-24(29)32-14-22(30)26-21-10-7-15(2)12-17(21)4/h6-10,12-13,18H,1,11,14H2,2-5H3,(H,26,30). The monoisotopic (exact) mass is 470 g/mol. The summed E-state index contributed by atoms with van der Waals surface area (Å²) in [7, 11) is 0. The number of hydrogen-bond acceptors (Lipinski definition) is 5. The molecular weight excluding hydrogens is 444 g/mol. The number of rotatable bonds is 9. The molecule has 8 heteroatoms. The Labute approximate surface area is 198 Å². The first-order valence-corrected chi connectivity index (χ1v) is 11.6. The van der Waals surface area contributed by atoms with Crippen molar-refractivity contribution in [3.63, 3.8) is 0 Å². The predicted octanol–water partition coefficient (Wildman–Crippen LogP) is 5.91. The van der Waals surface area contributed by atoms with Crippen molar-refractivity contribution in [1.29, 1.82) is 0 Å². The highest BCUT2D eigenvalue weighted by Gasteiger charge is 2.20. The van der Waals surface area contributed by atoms with Crippen molar-refractivity contribution in [3.05, 3.63) is 76.6 Å². The van der Waals surface area contributed by atoms with E-state index in [1.165, 1.54) is 11.8 Å². The van der Waals surface area contributed by atoms with E-state index in [0.29, 0.717) is 28.3 Å². The zero-order chi connectivity index (χ0) is 23.3. The third-order valence-corrected chi connectivity index (χ3v) is 6.24. The van der Waals surface area contributed by atoms with Crippen LogP contribution in [0.4, 0.5) is 5.69 Å². The maximum Gasteiger partial charge on any atom is 0.234 e. The van der Waals surface area contributed by atoms with Crippen molar-refractivity contribution in [2.45, 2.75) is 45.5 Å². The molecule has 0 saturated heterocycles. The van der Waals surface area contributed by atoms with E-state index in [0.717, 1.165) is 22.4 Å². The van der Waals surface area contributed by atoms with E-state index >= 15 is 0 Å². The molecule has 1 atom stereocenters. The lowest BCUT2D eigenvalue weighted by Gasteiger charge is -2.16. The van der Waals surface area contributed by atoms with Crippen LogP contribution in [-0.2, 0) is 11.3 Å². The minimum absolute atomic E-state index is 0.0994. The molecule has 1 aromatic heterocycles. The van der Waals surface area contributed by atoms with E-state index in [-0.39, 0.29) is 17.8 Å². The molecular formula is C24H27ClN4O2S. The maximum atomic E-state index is 12.5. The molecule has 0 radical (unpaired) electrons. The van der Waals surface area contributed by atoms with Gasteiger partial charge in [-0.1, -0.05) is 47.1 Å². The van der Waals surface area contributed by atoms with Crippen LogP contribution in [0, 0.1) is 20.8 Å². The van der Waals surface area contributed by atoms with Crippen LogP contribution in [-0.4, -0.2) is 26.4 Å². The minimum Gasteiger partial charge on any atom is -0.483 e. The van der Waals surface area contributed by atoms with Gasteiger partial charge in [0.1, 0.15) is 5.75 Å². The Morgan fingerprint density at radius 1 is 1.22 bits per heavy atom. The van der Waals surface area contributed by atoms with E-state index < -0.39 is 0 Å². The first-order valence-electron chi connectivity index (χ1n) is 10.2. The summed E-state index contributed by atoms with van der Waals surface area (Å²) in [5.74, 6) is 1.48. The number of nitrogens with zero attached hydrogens (tertiary/aromatic N) is 3. The van der Waals surface area contributed by atoms with E-state index in [1.54, 1.807) is 6.08 Å². The first-order chi connectivity index (χ1) is 15.3. The Morgan fingerprint density at radius 2 is 2.00 bits per heavy atom. The van der Waals surface area contributed by atoms with Crippen LogP contribution in [0.2, 0.25) is 5.02 Å². The molecule has 6 nitrogen and oxygen atoms in total. The van der Waals surface area contributed by atoms with Crippen molar-refractivity contribution >= 4 is 35.0 Å². The molecule has 0 bridgehead atoms. The highest BCUT2D eigenvalue weighted by molar-refractivity contribution is 7.99. The SMILES string of the molecule is C=CCn1c(SCC(=O)Nc2ccc(C)cc2C)nnc1C(C)Oc1ccc(Cl)c(C)c1. The first kappa shape index (κ1) is 23.9. The molecule has 1 amide bonds. The van der Waals surface area contributed by atoms with Crippen LogP contribution in [0.1, 0.15) is 35.5 Å². The summed E-state index contributed by atoms with van der Waals surface area (Å²) < 4.78 is 7.97. The van der Waals surface area contributed by atoms with Crippen LogP contribution in [0.15, 0.2) is 54.2 Å². The maximum absolute atomic E-state index is 12.5. The van der Waals surface area contributed by atoms with Crippen molar-refractivity contribution in [2.24, 2.45) is 0 Å². The molecule has 0 spiro atoms. The van der Waals surface area contributed by atoms with Gasteiger partial charge >= 0.3 is 0 Å². The van der Waals surface area contributed by atoms with Gasteiger partial charge in [0.2, 0.25) is 5.91 Å². The lowest BCUT2D eigenvalue weighted by atomic mass is 10.1. The van der Waals surface area contributed by atoms with Gasteiger partial charge in [-0.15, -0.1) is 16.8 Å². The summed E-state index contributed by atoms with van der Waals surface area (Å²) in [5, 5.41) is 12.9. The van der Waals surface area contributed by atoms with Crippen molar-refractivity contribution in [3.8, 4) is 5.75 Å². The molecule has 1 unspecified atom stereocenters. The number of nitrogens with one attached hydrogen (secondary N) is 1. The fourth-order valence-corrected chi connectivity index (χ4v) is 4.10. The predicted molar refractivity (Wildman–Crippen MR) is 131 cm³/mol. The van der Waals surface area contributed by atoms with Crippen LogP contribution in [0.3, 0.4) is 0 Å². The van der Waals surface area contributed by atoms with Crippen LogP contribution < -0.4 is 10.1 Å². The molecule has 3 rings (SSSR count). The number of allylic oxidation sites excluding steroid dienone is 1. The highest BCUT2D eigenvalue weighted by atomic mass is 35.5. The van der Waals surface area contributed by atoms with Gasteiger partial charge in [-0.25, -0.2) is 0 Å². The van der Waals surface area contributed by atoms with Crippen LogP contribution >= 0.6 is 23.4 Å². The number of carbonyl (C=O) groups excluding carboxylic acids is 1. The number of hydrogen-bond donors (Lipinski definition) is 1. The number of aromatic nitrogens is 3. The van der Waals surface area contributed by atoms with Crippen LogP contribution in [0.5, 0.6) is 5.75 Å². The average molecular weight is 471 g/mol. The summed E-state index contributed by atoms with van der Waals surface area (Å²) in [5.41, 5.74) is 3.94. The molecule has 168 valence electrons. The normalized spacial score (nSPS) is 11.8. The van der Waals surface area contributed by atoms with E-state index in [9.17, 15) is 4.79 Å². The third kappa shape index (κ3) is 5.93. The number of halogens is 1. The van der Waals surface area contributed by atoms with Crippen molar-refractivity contribution in [2.75, 3.05) is 11.1 Å². The lowest BCUT2D eigenvalue weighted by molar-refractivity contribution is -0.113. The highest BCUT2D eigenvalue weighted by Crippen LogP contribution is 2.27. The molecule has 0 aliphatic carbocycles. The number of aryl methyl sites for hydroxylation is 3. The molecule has 1 heterocycles. The Kier molecular flexibility index (Phi) is 7.99. The van der Waals surface area contributed by atoms with Crippen molar-refractivity contribution in [1.82, 2.24) is 14.8 Å². The smallest absolute Gasteiger partial charge is 0.234 e. The number of ether oxygens (including phenoxy) is 1. The third-order valence-electron chi connectivity index (χ3n) is 4.85. The van der Waals surface area contributed by atoms with Crippen LogP contribution in [0.25, 0.3) is 0 Å². The van der Waals surface area contributed by atoms with Gasteiger partial charge in [0.25, 0.3) is 0 Å². The van der Waals surface area contributed by atoms with Gasteiger partial charge in [-0.05, 0) is 63.1 Å². The van der Waals surface area contributed by atoms with Gasteiger partial charge in [0, 0.05) is 17.3 Å². The van der Waals surface area contributed by atoms with Gasteiger partial charge < -0.3 is 10.1 Å². The second kappa shape index (κ2) is 10.7. The number of thioether (sulfide) groups is 1. The molecule has 0 fully saturated rings. The fraction of sp³-hybridized carbons (Fsp3) is 0.292. The lowest BCUT2D eigenvalue weighted by Crippen LogP contribution is -2.16. The molecule has 32 heavy (non-hydrogen) atoms. The quantitative estimate of drug-likeness (QED) is 0.311. The second-order valence-electron chi connectivity index (χ2n) is 7.57. The Morgan fingerprint density at radius 3 is 2.69 bits per heavy atom. The summed E-state index contributed by atoms with van der Waals surface area (Å²) in [6.07, 6.45) is 1.42. The van der Waals surface area contributed by atoms with Gasteiger partial charge in [0.05, 0.1) is 5.75 Å². The fourth-order valence-electron chi connectivity index (χ4n) is 3.23. The van der Waals surface area contributed by atoms with Gasteiger partial charge in [-0.3, -0.25) is 9.36 Å². The summed E-state index contributed by atoms with van der Waals surface area (Å²) in [6.45, 7) is 12.2. The second-order valence-corrected chi connectivity index (χ2v) is 8.92. The zero-order valence-electron chi connectivity index (χ0n) is 18.7. The Balaban J connectivity index is 1.68. The Hall–Kier alpha value is -2.77. The number of carbonyl (C=O) groups is 1. The molecule has 3 aromatic rings. The topological polar surface area (TPSA) is 69.0 Å². The summed E-state index contributed by atoms with van der Waals surface area (Å²) in [4.78, 5) is 12.5. The van der Waals surface area contributed by atoms with E-state index in [2.05, 4.69) is 22.1 Å². The van der Waals surface area contributed by atoms with E-state index in [4.69, 9.17) is 16.3 Å². The Bertz CT molecular complexity index is 1130. The largest absolute Gasteiger partial charge is 0.483 e. The molecule has 0 aliphatic heterocycles. The number of amides is 1. The molecule has 1 N–H and O–H groups in total. The van der Waals surface area contributed by atoms with Gasteiger partial charge in [-0.2, -0.15) is 0 Å². The molecule has 2 aromatic carbocycles. The van der Waals surface area contributed by atoms with E-state index in [1.807, 2.05) is 68.7 Å². The number of benzene rings is 2. The molecule has 0 aliphatic rings.